The number of hydrogen-bond acceptors (Lipinski definition) is 4. The Labute approximate surface area is 124 Å². The fourth-order valence-electron chi connectivity index (χ4n) is 1.79. The van der Waals surface area contributed by atoms with Gasteiger partial charge in [0, 0.05) is 25.7 Å². The minimum atomic E-state index is -4.04. The molecule has 0 heterocycles. The van der Waals surface area contributed by atoms with Crippen LogP contribution in [0.4, 0.5) is 14.5 Å². The van der Waals surface area contributed by atoms with Crippen molar-refractivity contribution in [2.75, 3.05) is 39.5 Å². The normalized spacial score (nSPS) is 12.3. The summed E-state index contributed by atoms with van der Waals surface area (Å²) in [4.78, 5) is 1.24. The molecule has 2 N–H and O–H groups in total. The number of nitrogens with two attached hydrogens (primary N) is 1. The van der Waals surface area contributed by atoms with Gasteiger partial charge in [0.25, 0.3) is 0 Å². The summed E-state index contributed by atoms with van der Waals surface area (Å²) in [6, 6.07) is 1.33. The molecule has 1 aromatic carbocycles. The molecule has 0 atom stereocenters. The Kier molecular flexibility index (Phi) is 6.06. The first-order valence-electron chi connectivity index (χ1n) is 6.59. The molecule has 0 aliphatic carbocycles. The summed E-state index contributed by atoms with van der Waals surface area (Å²) in [7, 11) is -0.418. The van der Waals surface area contributed by atoms with Gasteiger partial charge in [0.15, 0.2) is 0 Å². The van der Waals surface area contributed by atoms with E-state index in [1.165, 1.54) is 4.31 Å². The summed E-state index contributed by atoms with van der Waals surface area (Å²) in [6.45, 7) is 2.80. The summed E-state index contributed by atoms with van der Waals surface area (Å²) in [5.74, 6) is -2.10. The second-order valence-corrected chi connectivity index (χ2v) is 6.92. The average molecular weight is 321 g/mol. The fraction of sp³-hybridized carbons (Fsp3) is 0.538. The summed E-state index contributed by atoms with van der Waals surface area (Å²) in [6.07, 6.45) is 0.588. The fourth-order valence-corrected chi connectivity index (χ4v) is 3.40. The highest BCUT2D eigenvalue weighted by Crippen LogP contribution is 2.24. The third-order valence-corrected chi connectivity index (χ3v) is 4.85. The number of nitrogen functional groups attached to an aromatic ring is 1. The second kappa shape index (κ2) is 7.15. The van der Waals surface area contributed by atoms with Crippen LogP contribution in [0, 0.1) is 11.6 Å². The van der Waals surface area contributed by atoms with Gasteiger partial charge >= 0.3 is 0 Å². The van der Waals surface area contributed by atoms with E-state index in [0.717, 1.165) is 6.07 Å². The first kappa shape index (κ1) is 17.8. The Bertz CT molecular complexity index is 591. The van der Waals surface area contributed by atoms with Gasteiger partial charge in [-0.2, -0.15) is 4.31 Å². The maximum Gasteiger partial charge on any atom is 0.246 e. The zero-order chi connectivity index (χ0) is 16.2. The van der Waals surface area contributed by atoms with Crippen LogP contribution in [0.5, 0.6) is 0 Å². The van der Waals surface area contributed by atoms with Crippen LogP contribution in [0.15, 0.2) is 17.0 Å². The lowest BCUT2D eigenvalue weighted by molar-refractivity contribution is 0.332. The van der Waals surface area contributed by atoms with Crippen molar-refractivity contribution in [3.8, 4) is 0 Å². The zero-order valence-corrected chi connectivity index (χ0v) is 13.3. The molecule has 0 saturated carbocycles. The minimum absolute atomic E-state index is 0.222. The van der Waals surface area contributed by atoms with Gasteiger partial charge < -0.3 is 10.6 Å². The lowest BCUT2D eigenvalue weighted by Gasteiger charge is -2.23. The predicted octanol–water partition coefficient (Wildman–Crippen LogP) is 1.51. The molecule has 0 saturated heterocycles. The molecule has 0 fully saturated rings. The van der Waals surface area contributed by atoms with Gasteiger partial charge in [-0.25, -0.2) is 17.2 Å². The highest BCUT2D eigenvalue weighted by molar-refractivity contribution is 7.89. The van der Waals surface area contributed by atoms with Crippen molar-refractivity contribution in [2.45, 2.75) is 18.2 Å². The molecule has 1 rings (SSSR count). The van der Waals surface area contributed by atoms with E-state index >= 15 is 0 Å². The molecule has 8 heteroatoms. The number of benzene rings is 1. The van der Waals surface area contributed by atoms with Gasteiger partial charge in [-0.3, -0.25) is 0 Å². The van der Waals surface area contributed by atoms with Gasteiger partial charge in [0.2, 0.25) is 10.0 Å². The monoisotopic (exact) mass is 321 g/mol. The van der Waals surface area contributed by atoms with Gasteiger partial charge in [0.1, 0.15) is 16.5 Å². The van der Waals surface area contributed by atoms with E-state index in [1.54, 1.807) is 0 Å². The SMILES string of the molecule is CCCN(CCN(C)C)S(=O)(=O)c1cc(N)c(F)cc1F. The summed E-state index contributed by atoms with van der Waals surface area (Å²) in [5, 5.41) is 0. The first-order valence-corrected chi connectivity index (χ1v) is 8.03. The summed E-state index contributed by atoms with van der Waals surface area (Å²) >= 11 is 0. The maximum atomic E-state index is 13.8. The van der Waals surface area contributed by atoms with Crippen LogP contribution >= 0.6 is 0 Å². The standard InChI is InChI=1S/C13H21F2N3O2S/c1-4-5-18(7-6-17(2)3)21(19,20)13-9-12(16)10(14)8-11(13)15/h8-9H,4-7,16H2,1-3H3. The molecule has 1 aromatic rings. The number of halogens is 2. The van der Waals surface area contributed by atoms with E-state index in [4.69, 9.17) is 5.73 Å². The lowest BCUT2D eigenvalue weighted by atomic mass is 10.3. The van der Waals surface area contributed by atoms with Crippen LogP contribution < -0.4 is 5.73 Å². The van der Waals surface area contributed by atoms with E-state index < -0.39 is 26.6 Å². The van der Waals surface area contributed by atoms with Crippen molar-refractivity contribution in [1.29, 1.82) is 0 Å². The molecule has 0 aliphatic heterocycles. The van der Waals surface area contributed by atoms with Gasteiger partial charge in [0.05, 0.1) is 5.69 Å². The largest absolute Gasteiger partial charge is 0.396 e. The summed E-state index contributed by atoms with van der Waals surface area (Å²) in [5.41, 5.74) is 4.96. The van der Waals surface area contributed by atoms with Gasteiger partial charge in [-0.1, -0.05) is 6.92 Å². The second-order valence-electron chi connectivity index (χ2n) is 5.01. The Morgan fingerprint density at radius 1 is 1.10 bits per heavy atom. The molecule has 0 spiro atoms. The Balaban J connectivity index is 3.19. The molecular weight excluding hydrogens is 300 g/mol. The zero-order valence-electron chi connectivity index (χ0n) is 12.4. The quantitative estimate of drug-likeness (QED) is 0.773. The number of anilines is 1. The Hall–Kier alpha value is -1.25. The topological polar surface area (TPSA) is 66.6 Å². The first-order chi connectivity index (χ1) is 9.70. The van der Waals surface area contributed by atoms with Gasteiger partial charge in [-0.05, 0) is 26.6 Å². The molecule has 0 radical (unpaired) electrons. The maximum absolute atomic E-state index is 13.8. The molecule has 0 amide bonds. The molecule has 120 valence electrons. The van der Waals surface area contributed by atoms with Crippen molar-refractivity contribution in [2.24, 2.45) is 0 Å². The third kappa shape index (κ3) is 4.36. The van der Waals surface area contributed by atoms with Crippen LogP contribution in [0.2, 0.25) is 0 Å². The lowest BCUT2D eigenvalue weighted by Crippen LogP contribution is -2.37. The van der Waals surface area contributed by atoms with Crippen molar-refractivity contribution < 1.29 is 17.2 Å². The highest BCUT2D eigenvalue weighted by Gasteiger charge is 2.28. The van der Waals surface area contributed by atoms with Crippen molar-refractivity contribution >= 4 is 15.7 Å². The molecular formula is C13H21F2N3O2S. The summed E-state index contributed by atoms with van der Waals surface area (Å²) < 4.78 is 53.2. The van der Waals surface area contributed by atoms with Crippen LogP contribution in [-0.4, -0.2) is 51.4 Å². The number of sulfonamides is 1. The highest BCUT2D eigenvalue weighted by atomic mass is 32.2. The molecule has 0 aliphatic rings. The predicted molar refractivity (Wildman–Crippen MR) is 78.4 cm³/mol. The van der Waals surface area contributed by atoms with E-state index in [9.17, 15) is 17.2 Å². The number of hydrogen-bond donors (Lipinski definition) is 1. The van der Waals surface area contributed by atoms with Crippen molar-refractivity contribution in [3.63, 3.8) is 0 Å². The molecule has 0 aromatic heterocycles. The third-order valence-electron chi connectivity index (χ3n) is 2.94. The van der Waals surface area contributed by atoms with Crippen LogP contribution in [0.1, 0.15) is 13.3 Å². The van der Waals surface area contributed by atoms with Crippen molar-refractivity contribution in [3.05, 3.63) is 23.8 Å². The van der Waals surface area contributed by atoms with Crippen LogP contribution in [-0.2, 0) is 10.0 Å². The van der Waals surface area contributed by atoms with E-state index in [2.05, 4.69) is 0 Å². The Morgan fingerprint density at radius 3 is 2.24 bits per heavy atom. The van der Waals surface area contributed by atoms with E-state index in [0.29, 0.717) is 19.0 Å². The number of nitrogens with zero attached hydrogens (tertiary/aromatic N) is 2. The molecule has 0 bridgehead atoms. The van der Waals surface area contributed by atoms with Crippen LogP contribution in [0.3, 0.4) is 0 Å². The van der Waals surface area contributed by atoms with Crippen molar-refractivity contribution in [1.82, 2.24) is 9.21 Å². The van der Waals surface area contributed by atoms with Crippen LogP contribution in [0.25, 0.3) is 0 Å². The molecule has 0 unspecified atom stereocenters. The van der Waals surface area contributed by atoms with Gasteiger partial charge in [-0.15, -0.1) is 0 Å². The average Bonchev–Trinajstić information content (AvgIpc) is 2.38. The number of rotatable bonds is 7. The Morgan fingerprint density at radius 2 is 1.71 bits per heavy atom. The smallest absolute Gasteiger partial charge is 0.246 e. The minimum Gasteiger partial charge on any atom is -0.396 e. The van der Waals surface area contributed by atoms with E-state index in [1.807, 2.05) is 25.9 Å². The molecule has 5 nitrogen and oxygen atoms in total. The van der Waals surface area contributed by atoms with E-state index in [-0.39, 0.29) is 18.8 Å². The molecule has 21 heavy (non-hydrogen) atoms. The number of likely N-dealkylation sites (N-methyl/N-ethyl adjacent to an activating group) is 1.